The van der Waals surface area contributed by atoms with Gasteiger partial charge in [-0.3, -0.25) is 9.78 Å². The molecule has 0 amide bonds. The molecule has 1 unspecified atom stereocenters. The summed E-state index contributed by atoms with van der Waals surface area (Å²) in [4.78, 5) is 18.7. The van der Waals surface area contributed by atoms with Crippen molar-refractivity contribution in [3.63, 3.8) is 0 Å². The second kappa shape index (κ2) is 11.7. The number of thioether (sulfide) groups is 1. The number of carboxylic acids is 1. The molecule has 0 saturated carbocycles. The van der Waals surface area contributed by atoms with Gasteiger partial charge in [-0.25, -0.2) is 0 Å². The van der Waals surface area contributed by atoms with Crippen molar-refractivity contribution < 1.29 is 19.7 Å². The van der Waals surface area contributed by atoms with Gasteiger partial charge >= 0.3 is 5.97 Å². The number of hydrogen-bond donors (Lipinski definition) is 2. The number of thiophene rings is 1. The van der Waals surface area contributed by atoms with E-state index in [0.29, 0.717) is 36.6 Å². The number of benzene rings is 1. The third kappa shape index (κ3) is 6.04. The Labute approximate surface area is 212 Å². The number of hydrogen-bond acceptors (Lipinski definition) is 7. The summed E-state index contributed by atoms with van der Waals surface area (Å²) in [5.74, 6) is -0.0528. The van der Waals surface area contributed by atoms with Crippen molar-refractivity contribution in [1.29, 1.82) is 0 Å². The van der Waals surface area contributed by atoms with Crippen LogP contribution in [0.25, 0.3) is 10.9 Å². The zero-order chi connectivity index (χ0) is 24.1. The molecule has 1 aromatic carbocycles. The molecule has 9 heteroatoms. The Morgan fingerprint density at radius 3 is 3.00 bits per heavy atom. The molecule has 4 rings (SSSR count). The van der Waals surface area contributed by atoms with Gasteiger partial charge in [-0.05, 0) is 61.0 Å². The number of aliphatic carboxylic acids is 1. The molecule has 6 nitrogen and oxygen atoms in total. The fourth-order valence-electron chi connectivity index (χ4n) is 4.67. The molecule has 182 valence electrons. The first-order valence-corrected chi connectivity index (χ1v) is 13.6. The molecule has 3 heterocycles. The van der Waals surface area contributed by atoms with E-state index in [1.165, 1.54) is 4.21 Å². The van der Waals surface area contributed by atoms with Crippen molar-refractivity contribution in [2.24, 2.45) is 11.8 Å². The van der Waals surface area contributed by atoms with E-state index >= 15 is 0 Å². The van der Waals surface area contributed by atoms with Crippen LogP contribution in [0.3, 0.4) is 0 Å². The lowest BCUT2D eigenvalue weighted by atomic mass is 9.79. The zero-order valence-corrected chi connectivity index (χ0v) is 21.4. The number of rotatable bonds is 10. The molecule has 1 saturated heterocycles. The molecule has 3 aromatic rings. The fourth-order valence-corrected chi connectivity index (χ4v) is 6.78. The number of likely N-dealkylation sites (tertiary alicyclic amines) is 1. The van der Waals surface area contributed by atoms with Gasteiger partial charge in [0.25, 0.3) is 0 Å². The maximum absolute atomic E-state index is 12.1. The van der Waals surface area contributed by atoms with Crippen LogP contribution in [0.2, 0.25) is 5.02 Å². The van der Waals surface area contributed by atoms with Gasteiger partial charge in [-0.2, -0.15) is 0 Å². The highest BCUT2D eigenvalue weighted by atomic mass is 35.5. The first-order chi connectivity index (χ1) is 16.5. The third-order valence-corrected chi connectivity index (χ3v) is 8.97. The maximum Gasteiger partial charge on any atom is 0.308 e. The van der Waals surface area contributed by atoms with E-state index in [0.717, 1.165) is 35.3 Å². The van der Waals surface area contributed by atoms with Crippen molar-refractivity contribution in [1.82, 2.24) is 9.88 Å². The normalized spacial score (nSPS) is 19.9. The summed E-state index contributed by atoms with van der Waals surface area (Å²) in [6.45, 7) is 2.11. The van der Waals surface area contributed by atoms with Gasteiger partial charge in [0.05, 0.1) is 33.9 Å². The molecule has 0 bridgehead atoms. The van der Waals surface area contributed by atoms with Crippen LogP contribution in [0.4, 0.5) is 0 Å². The smallest absolute Gasteiger partial charge is 0.308 e. The number of aromatic nitrogens is 1. The van der Waals surface area contributed by atoms with Crippen LogP contribution in [0.5, 0.6) is 5.75 Å². The number of fused-ring (bicyclic) bond motifs is 1. The number of aryl methyl sites for hydroxylation is 1. The highest BCUT2D eigenvalue weighted by molar-refractivity contribution is 8.01. The van der Waals surface area contributed by atoms with Gasteiger partial charge in [-0.1, -0.05) is 17.7 Å². The van der Waals surface area contributed by atoms with Crippen LogP contribution < -0.4 is 4.74 Å². The third-order valence-electron chi connectivity index (χ3n) is 6.53. The molecule has 0 spiro atoms. The van der Waals surface area contributed by atoms with Crippen molar-refractivity contribution in [3.8, 4) is 5.75 Å². The largest absolute Gasteiger partial charge is 0.497 e. The van der Waals surface area contributed by atoms with E-state index < -0.39 is 18.0 Å². The summed E-state index contributed by atoms with van der Waals surface area (Å²) >= 11 is 9.99. The van der Waals surface area contributed by atoms with Gasteiger partial charge in [0.2, 0.25) is 0 Å². The second-order valence-corrected chi connectivity index (χ2v) is 11.3. The second-order valence-electron chi connectivity index (χ2n) is 8.55. The van der Waals surface area contributed by atoms with E-state index in [4.69, 9.17) is 16.3 Å². The van der Waals surface area contributed by atoms with Crippen LogP contribution in [0.15, 0.2) is 46.1 Å². The van der Waals surface area contributed by atoms with Gasteiger partial charge in [0.1, 0.15) is 5.75 Å². The van der Waals surface area contributed by atoms with E-state index in [2.05, 4.69) is 21.3 Å². The molecule has 1 aliphatic heterocycles. The lowest BCUT2D eigenvalue weighted by Gasteiger charge is -2.38. The Balaban J connectivity index is 1.38. The molecule has 1 aliphatic rings. The topological polar surface area (TPSA) is 82.9 Å². The van der Waals surface area contributed by atoms with Crippen molar-refractivity contribution in [2.75, 3.05) is 32.5 Å². The zero-order valence-electron chi connectivity index (χ0n) is 19.0. The minimum Gasteiger partial charge on any atom is -0.497 e. The fraction of sp³-hybridized carbons (Fsp3) is 0.440. The van der Waals surface area contributed by atoms with Gasteiger partial charge < -0.3 is 19.8 Å². The summed E-state index contributed by atoms with van der Waals surface area (Å²) in [6, 6.07) is 9.79. The lowest BCUT2D eigenvalue weighted by molar-refractivity contribution is -0.148. The Kier molecular flexibility index (Phi) is 8.71. The number of ether oxygens (including phenoxy) is 1. The molecule has 34 heavy (non-hydrogen) atoms. The SMILES string of the molecule is COc1ccc2ncc(Cl)c(CCC(O)[C@H]3CCN(CCSc4cccs4)C[C@H]3C(=O)O)c2c1. The van der Waals surface area contributed by atoms with Crippen LogP contribution in [0.1, 0.15) is 18.4 Å². The molecule has 2 N–H and O–H groups in total. The van der Waals surface area contributed by atoms with E-state index in [9.17, 15) is 15.0 Å². The Hall–Kier alpha value is -1.84. The Bertz CT molecular complexity index is 1110. The van der Waals surface area contributed by atoms with Crippen LogP contribution >= 0.6 is 34.7 Å². The molecule has 0 aliphatic carbocycles. The van der Waals surface area contributed by atoms with Crippen LogP contribution in [-0.4, -0.2) is 64.7 Å². The van der Waals surface area contributed by atoms with Crippen LogP contribution in [-0.2, 0) is 11.2 Å². The molecule has 1 fully saturated rings. The van der Waals surface area contributed by atoms with E-state index in [-0.39, 0.29) is 5.92 Å². The van der Waals surface area contributed by atoms with Crippen molar-refractivity contribution in [2.45, 2.75) is 29.6 Å². The number of pyridine rings is 1. The summed E-state index contributed by atoms with van der Waals surface area (Å²) in [5.41, 5.74) is 1.71. The Morgan fingerprint density at radius 1 is 1.41 bits per heavy atom. The van der Waals surface area contributed by atoms with Gasteiger partial charge in [-0.15, -0.1) is 23.1 Å². The first-order valence-electron chi connectivity index (χ1n) is 11.4. The van der Waals surface area contributed by atoms with E-state index in [1.54, 1.807) is 36.4 Å². The summed E-state index contributed by atoms with van der Waals surface area (Å²) < 4.78 is 6.62. The summed E-state index contributed by atoms with van der Waals surface area (Å²) in [5, 5.41) is 24.4. The molecule has 2 aromatic heterocycles. The number of carboxylic acid groups (broad SMARTS) is 1. The van der Waals surface area contributed by atoms with Crippen LogP contribution in [0, 0.1) is 11.8 Å². The summed E-state index contributed by atoms with van der Waals surface area (Å²) in [7, 11) is 1.61. The van der Waals surface area contributed by atoms with Crippen molar-refractivity contribution in [3.05, 3.63) is 52.5 Å². The number of nitrogens with zero attached hydrogens (tertiary/aromatic N) is 2. The number of halogens is 1. The molecular formula is C25H29ClN2O4S2. The highest BCUT2D eigenvalue weighted by Gasteiger charge is 2.38. The predicted molar refractivity (Wildman–Crippen MR) is 138 cm³/mol. The van der Waals surface area contributed by atoms with Gasteiger partial charge in [0.15, 0.2) is 0 Å². The minimum absolute atomic E-state index is 0.278. The highest BCUT2D eigenvalue weighted by Crippen LogP contribution is 2.33. The minimum atomic E-state index is -0.836. The molecular weight excluding hydrogens is 492 g/mol. The number of aliphatic hydroxyl groups excluding tert-OH is 1. The van der Waals surface area contributed by atoms with E-state index in [1.807, 2.05) is 24.3 Å². The number of aliphatic hydroxyl groups is 1. The van der Waals surface area contributed by atoms with Crippen molar-refractivity contribution >= 4 is 51.6 Å². The quantitative estimate of drug-likeness (QED) is 0.361. The Morgan fingerprint density at radius 2 is 2.26 bits per heavy atom. The maximum atomic E-state index is 12.1. The average molecular weight is 521 g/mol. The summed E-state index contributed by atoms with van der Waals surface area (Å²) in [6.07, 6.45) is 2.56. The lowest BCUT2D eigenvalue weighted by Crippen LogP contribution is -2.48. The number of methoxy groups -OCH3 is 1. The predicted octanol–water partition coefficient (Wildman–Crippen LogP) is 5.07. The molecule has 0 radical (unpaired) electrons. The number of carbonyl (C=O) groups is 1. The van der Waals surface area contributed by atoms with Gasteiger partial charge in [0, 0.05) is 36.3 Å². The average Bonchev–Trinajstić information content (AvgIpc) is 3.36. The first kappa shape index (κ1) is 25.3. The molecule has 3 atom stereocenters. The number of piperidine rings is 1. The monoisotopic (exact) mass is 520 g/mol. The standard InChI is InChI=1S/C25H29ClN2O4S2/c1-32-16-4-6-22-19(13-16)17(21(26)14-27-22)5-7-23(29)18-8-9-28(15-20(18)25(30)31)10-12-34-24-3-2-11-33-24/h2-4,6,11,13-14,18,20,23,29H,5,7-10,12,15H2,1H3,(H,30,31)/t18-,20+,23?/m0/s1.